The number of nitrogens with one attached hydrogen (secondary N) is 1. The topological polar surface area (TPSA) is 18.5 Å². The van der Waals surface area contributed by atoms with Crippen molar-refractivity contribution in [2.45, 2.75) is 63.1 Å². The second kappa shape index (κ2) is 5.34. The summed E-state index contributed by atoms with van der Waals surface area (Å²) in [6.45, 7) is 6.67. The van der Waals surface area contributed by atoms with E-state index in [1.807, 2.05) is 0 Å². The first kappa shape index (κ1) is 12.6. The summed E-state index contributed by atoms with van der Waals surface area (Å²) in [6.07, 6.45) is 10.1. The van der Waals surface area contributed by atoms with Crippen molar-refractivity contribution in [1.29, 1.82) is 0 Å². The van der Waals surface area contributed by atoms with E-state index in [0.717, 1.165) is 24.0 Å². The van der Waals surface area contributed by atoms with Crippen LogP contribution in [0.3, 0.4) is 0 Å². The molecule has 0 amide bonds. The highest BCUT2D eigenvalue weighted by Gasteiger charge is 2.38. The third-order valence-electron chi connectivity index (χ3n) is 5.96. The SMILES string of the molecule is C1CC2CC(N3CCCNC(C4CC4)C3)CCN2C1. The molecule has 108 valence electrons. The van der Waals surface area contributed by atoms with Gasteiger partial charge < -0.3 is 10.2 Å². The fourth-order valence-corrected chi connectivity index (χ4v) is 4.66. The lowest BCUT2D eigenvalue weighted by Gasteiger charge is -2.41. The maximum absolute atomic E-state index is 3.81. The highest BCUT2D eigenvalue weighted by atomic mass is 15.2. The van der Waals surface area contributed by atoms with Gasteiger partial charge in [0.1, 0.15) is 0 Å². The van der Waals surface area contributed by atoms with Crippen molar-refractivity contribution in [3.8, 4) is 0 Å². The smallest absolute Gasteiger partial charge is 0.0223 e. The van der Waals surface area contributed by atoms with Crippen LogP contribution < -0.4 is 5.32 Å². The first-order chi connectivity index (χ1) is 9.40. The highest BCUT2D eigenvalue weighted by Crippen LogP contribution is 2.35. The van der Waals surface area contributed by atoms with E-state index in [1.165, 1.54) is 77.7 Å². The van der Waals surface area contributed by atoms with Gasteiger partial charge >= 0.3 is 0 Å². The van der Waals surface area contributed by atoms with Crippen molar-refractivity contribution in [2.75, 3.05) is 32.7 Å². The van der Waals surface area contributed by atoms with E-state index < -0.39 is 0 Å². The molecule has 3 atom stereocenters. The normalized spacial score (nSPS) is 42.0. The molecule has 19 heavy (non-hydrogen) atoms. The van der Waals surface area contributed by atoms with Gasteiger partial charge in [-0.25, -0.2) is 0 Å². The maximum atomic E-state index is 3.81. The van der Waals surface area contributed by atoms with Gasteiger partial charge in [0.2, 0.25) is 0 Å². The zero-order valence-corrected chi connectivity index (χ0v) is 12.2. The van der Waals surface area contributed by atoms with Gasteiger partial charge in [0.25, 0.3) is 0 Å². The Kier molecular flexibility index (Phi) is 3.55. The summed E-state index contributed by atoms with van der Waals surface area (Å²) in [4.78, 5) is 5.61. The quantitative estimate of drug-likeness (QED) is 0.818. The van der Waals surface area contributed by atoms with Crippen molar-refractivity contribution in [1.82, 2.24) is 15.1 Å². The van der Waals surface area contributed by atoms with E-state index in [1.54, 1.807) is 0 Å². The van der Waals surface area contributed by atoms with Crippen LogP contribution in [-0.4, -0.2) is 60.6 Å². The number of fused-ring (bicyclic) bond motifs is 1. The summed E-state index contributed by atoms with van der Waals surface area (Å²) >= 11 is 0. The average Bonchev–Trinajstić information content (AvgIpc) is 3.20. The molecule has 3 saturated heterocycles. The maximum Gasteiger partial charge on any atom is 0.0223 e. The molecule has 3 heteroatoms. The zero-order chi connectivity index (χ0) is 12.7. The minimum absolute atomic E-state index is 0.809. The molecule has 3 aliphatic heterocycles. The Bertz CT molecular complexity index is 315. The van der Waals surface area contributed by atoms with Crippen LogP contribution in [0.5, 0.6) is 0 Å². The Labute approximate surface area is 117 Å². The summed E-state index contributed by atoms with van der Waals surface area (Å²) in [6, 6.07) is 2.62. The van der Waals surface area contributed by atoms with Crippen LogP contribution in [-0.2, 0) is 0 Å². The minimum Gasteiger partial charge on any atom is -0.312 e. The van der Waals surface area contributed by atoms with E-state index >= 15 is 0 Å². The molecule has 1 aliphatic carbocycles. The Balaban J connectivity index is 1.39. The van der Waals surface area contributed by atoms with E-state index in [4.69, 9.17) is 0 Å². The lowest BCUT2D eigenvalue weighted by molar-refractivity contribution is 0.0848. The summed E-state index contributed by atoms with van der Waals surface area (Å²) in [5.41, 5.74) is 0. The molecular weight excluding hydrogens is 234 g/mol. The molecule has 0 spiro atoms. The van der Waals surface area contributed by atoms with Crippen LogP contribution in [0.1, 0.15) is 44.9 Å². The van der Waals surface area contributed by atoms with Crippen LogP contribution in [0.15, 0.2) is 0 Å². The molecule has 0 bridgehead atoms. The van der Waals surface area contributed by atoms with E-state index in [-0.39, 0.29) is 0 Å². The predicted octanol–water partition coefficient (Wildman–Crippen LogP) is 1.69. The van der Waals surface area contributed by atoms with Gasteiger partial charge in [-0.1, -0.05) is 0 Å². The number of hydrogen-bond acceptors (Lipinski definition) is 3. The Morgan fingerprint density at radius 2 is 1.63 bits per heavy atom. The van der Waals surface area contributed by atoms with Crippen molar-refractivity contribution < 1.29 is 0 Å². The van der Waals surface area contributed by atoms with Gasteiger partial charge in [0.15, 0.2) is 0 Å². The molecule has 0 radical (unpaired) electrons. The fourth-order valence-electron chi connectivity index (χ4n) is 4.66. The molecule has 0 aromatic carbocycles. The largest absolute Gasteiger partial charge is 0.312 e. The van der Waals surface area contributed by atoms with Crippen molar-refractivity contribution >= 4 is 0 Å². The summed E-state index contributed by atoms with van der Waals surface area (Å²) < 4.78 is 0. The molecule has 0 aromatic heterocycles. The third kappa shape index (κ3) is 2.70. The Morgan fingerprint density at radius 1 is 0.789 bits per heavy atom. The van der Waals surface area contributed by atoms with E-state index in [2.05, 4.69) is 15.1 Å². The summed E-state index contributed by atoms with van der Waals surface area (Å²) in [5.74, 6) is 1.01. The number of nitrogens with zero attached hydrogens (tertiary/aromatic N) is 2. The zero-order valence-electron chi connectivity index (χ0n) is 12.2. The molecule has 1 N–H and O–H groups in total. The second-order valence-electron chi connectivity index (χ2n) is 7.26. The minimum atomic E-state index is 0.809. The van der Waals surface area contributed by atoms with Gasteiger partial charge in [-0.15, -0.1) is 0 Å². The monoisotopic (exact) mass is 263 g/mol. The Hall–Kier alpha value is -0.120. The van der Waals surface area contributed by atoms with Crippen molar-refractivity contribution in [3.05, 3.63) is 0 Å². The van der Waals surface area contributed by atoms with Crippen molar-refractivity contribution in [3.63, 3.8) is 0 Å². The Morgan fingerprint density at radius 3 is 2.53 bits per heavy atom. The molecule has 3 unspecified atom stereocenters. The molecule has 0 aromatic rings. The average molecular weight is 263 g/mol. The third-order valence-corrected chi connectivity index (χ3v) is 5.96. The lowest BCUT2D eigenvalue weighted by atomic mass is 9.95. The molecule has 4 fully saturated rings. The van der Waals surface area contributed by atoms with Gasteiger partial charge in [-0.3, -0.25) is 4.90 Å². The van der Waals surface area contributed by atoms with Gasteiger partial charge in [-0.05, 0) is 77.0 Å². The number of hydrogen-bond donors (Lipinski definition) is 1. The molecule has 1 saturated carbocycles. The standard InChI is InChI=1S/C16H29N3/c1-3-14-11-15(6-10-18(14)8-1)19-9-2-7-17-16(12-19)13-4-5-13/h13-17H,1-12H2. The van der Waals surface area contributed by atoms with Gasteiger partial charge in [0, 0.05) is 24.7 Å². The predicted molar refractivity (Wildman–Crippen MR) is 78.3 cm³/mol. The van der Waals surface area contributed by atoms with E-state index in [0.29, 0.717) is 0 Å². The fraction of sp³-hybridized carbons (Fsp3) is 1.00. The highest BCUT2D eigenvalue weighted by molar-refractivity contribution is 4.95. The van der Waals surface area contributed by atoms with Crippen LogP contribution in [0.25, 0.3) is 0 Å². The van der Waals surface area contributed by atoms with Crippen LogP contribution in [0.2, 0.25) is 0 Å². The van der Waals surface area contributed by atoms with E-state index in [9.17, 15) is 0 Å². The van der Waals surface area contributed by atoms with Crippen LogP contribution >= 0.6 is 0 Å². The molecular formula is C16H29N3. The first-order valence-electron chi connectivity index (χ1n) is 8.61. The molecule has 3 nitrogen and oxygen atoms in total. The number of rotatable bonds is 2. The van der Waals surface area contributed by atoms with Crippen LogP contribution in [0.4, 0.5) is 0 Å². The van der Waals surface area contributed by atoms with Crippen molar-refractivity contribution in [2.24, 2.45) is 5.92 Å². The lowest BCUT2D eigenvalue weighted by Crippen LogP contribution is -2.50. The second-order valence-corrected chi connectivity index (χ2v) is 7.26. The summed E-state index contributed by atoms with van der Waals surface area (Å²) in [5, 5.41) is 3.81. The molecule has 3 heterocycles. The van der Waals surface area contributed by atoms with Gasteiger partial charge in [0.05, 0.1) is 0 Å². The first-order valence-corrected chi connectivity index (χ1v) is 8.61. The molecule has 4 rings (SSSR count). The summed E-state index contributed by atoms with van der Waals surface area (Å²) in [7, 11) is 0. The van der Waals surface area contributed by atoms with Gasteiger partial charge in [-0.2, -0.15) is 0 Å². The van der Waals surface area contributed by atoms with Crippen LogP contribution in [0, 0.1) is 5.92 Å². The number of piperidine rings is 1. The molecule has 4 aliphatic rings.